The van der Waals surface area contributed by atoms with Gasteiger partial charge in [0.05, 0.1) is 6.61 Å². The highest BCUT2D eigenvalue weighted by atomic mass is 16.6. The molecular weight excluding hydrogens is 246 g/mol. The van der Waals surface area contributed by atoms with Crippen LogP contribution in [0.4, 0.5) is 0 Å². The van der Waals surface area contributed by atoms with Crippen LogP contribution in [0.2, 0.25) is 0 Å². The zero-order valence-electron chi connectivity index (χ0n) is 9.22. The minimum Gasteiger partial charge on any atom is -0.474 e. The van der Waals surface area contributed by atoms with E-state index in [1.165, 1.54) is 6.33 Å². The van der Waals surface area contributed by atoms with Gasteiger partial charge in [0, 0.05) is 0 Å². The van der Waals surface area contributed by atoms with Crippen LogP contribution >= 0.6 is 0 Å². The number of imidazole rings is 1. The third-order valence-electron chi connectivity index (χ3n) is 2.85. The predicted octanol–water partition coefficient (Wildman–Crippen LogP) is -3.28. The first kappa shape index (κ1) is 12.8. The maximum absolute atomic E-state index is 10.9. The number of aromatic nitrogens is 2. The fraction of sp³-hybridized carbons (Fsp3) is 0.556. The minimum atomic E-state index is -1.35. The summed E-state index contributed by atoms with van der Waals surface area (Å²) < 4.78 is 6.19. The second-order valence-corrected chi connectivity index (χ2v) is 3.97. The van der Waals surface area contributed by atoms with Gasteiger partial charge in [0.25, 0.3) is 11.6 Å². The summed E-state index contributed by atoms with van der Waals surface area (Å²) in [4.78, 5) is 13.4. The average molecular weight is 260 g/mol. The number of primary amides is 1. The second kappa shape index (κ2) is 4.53. The predicted molar refractivity (Wildman–Crippen MR) is 54.2 cm³/mol. The van der Waals surface area contributed by atoms with E-state index in [1.54, 1.807) is 0 Å². The molecule has 2 rings (SSSR count). The first-order chi connectivity index (χ1) is 8.47. The van der Waals surface area contributed by atoms with Crippen molar-refractivity contribution in [3.63, 3.8) is 0 Å². The van der Waals surface area contributed by atoms with Crippen molar-refractivity contribution in [2.45, 2.75) is 24.5 Å². The molecule has 1 aromatic heterocycles. The Labute approximate surface area is 101 Å². The molecule has 1 aromatic rings. The molecule has 7 N–H and O–H groups in total. The molecule has 9 heteroatoms. The zero-order chi connectivity index (χ0) is 13.4. The summed E-state index contributed by atoms with van der Waals surface area (Å²) in [5.74, 6) is -1.39. The molecule has 1 aliphatic heterocycles. The van der Waals surface area contributed by atoms with Crippen LogP contribution < -0.4 is 10.3 Å². The Balaban J connectivity index is 2.30. The number of H-pyrrole nitrogens is 1. The number of hydrogen-bond acceptors (Lipinski definition) is 6. The number of ether oxygens (including phenoxy) is 1. The summed E-state index contributed by atoms with van der Waals surface area (Å²) in [6.07, 6.45) is -3.56. The van der Waals surface area contributed by atoms with E-state index < -0.39 is 42.9 Å². The number of rotatable bonds is 3. The molecule has 4 atom stereocenters. The highest BCUT2D eigenvalue weighted by molar-refractivity contribution is 5.92. The van der Waals surface area contributed by atoms with Crippen molar-refractivity contribution in [1.29, 1.82) is 0 Å². The van der Waals surface area contributed by atoms with Gasteiger partial charge in [-0.2, -0.15) is 4.57 Å². The standard InChI is InChI=1S/C9H13N3O6/c10-7(16)4-8(17)12(2-11-4)9-6(15)5(14)3(1-13)18-9/h2-3,5-6,9,13-15H,1H2,(H3,10,16,17)/p+1/t3-,5-,6-,9-/m1/s1. The first-order valence-corrected chi connectivity index (χ1v) is 5.21. The van der Waals surface area contributed by atoms with Crippen LogP contribution in [-0.4, -0.2) is 56.2 Å². The summed E-state index contributed by atoms with van der Waals surface area (Å²) in [6.45, 7) is -0.483. The minimum absolute atomic E-state index is 0.243. The van der Waals surface area contributed by atoms with Gasteiger partial charge in [-0.3, -0.25) is 4.79 Å². The van der Waals surface area contributed by atoms with Gasteiger partial charge in [-0.25, -0.2) is 4.98 Å². The lowest BCUT2D eigenvalue weighted by atomic mass is 10.1. The smallest absolute Gasteiger partial charge is 0.338 e. The number of nitrogens with two attached hydrogens (primary N) is 1. The molecule has 1 aliphatic rings. The van der Waals surface area contributed by atoms with Crippen molar-refractivity contribution in [1.82, 2.24) is 4.98 Å². The summed E-state index contributed by atoms with van der Waals surface area (Å²) in [7, 11) is 0. The molecule has 2 heterocycles. The lowest BCUT2D eigenvalue weighted by molar-refractivity contribution is -0.768. The first-order valence-electron chi connectivity index (χ1n) is 5.21. The zero-order valence-corrected chi connectivity index (χ0v) is 9.22. The van der Waals surface area contributed by atoms with Gasteiger partial charge < -0.3 is 30.9 Å². The van der Waals surface area contributed by atoms with Gasteiger partial charge >= 0.3 is 5.88 Å². The molecule has 0 bridgehead atoms. The van der Waals surface area contributed by atoms with Crippen molar-refractivity contribution in [2.24, 2.45) is 5.73 Å². The van der Waals surface area contributed by atoms with Crippen LogP contribution in [0.5, 0.6) is 5.88 Å². The van der Waals surface area contributed by atoms with Crippen LogP contribution in [0, 0.1) is 0 Å². The maximum atomic E-state index is 10.9. The molecule has 9 nitrogen and oxygen atoms in total. The van der Waals surface area contributed by atoms with Gasteiger partial charge in [0.1, 0.15) is 18.3 Å². The van der Waals surface area contributed by atoms with Crippen molar-refractivity contribution in [3.8, 4) is 5.88 Å². The largest absolute Gasteiger partial charge is 0.474 e. The summed E-state index contributed by atoms with van der Waals surface area (Å²) >= 11 is 0. The third kappa shape index (κ3) is 1.82. The van der Waals surface area contributed by atoms with Crippen LogP contribution in [0.25, 0.3) is 0 Å². The normalized spacial score (nSPS) is 31.7. The van der Waals surface area contributed by atoms with Gasteiger partial charge in [0.2, 0.25) is 12.6 Å². The molecule has 0 saturated carbocycles. The summed E-state index contributed by atoms with van der Waals surface area (Å²) in [5.41, 5.74) is 4.76. The fourth-order valence-electron chi connectivity index (χ4n) is 1.87. The van der Waals surface area contributed by atoms with Crippen molar-refractivity contribution < 1.29 is 34.5 Å². The number of aliphatic hydroxyl groups excluding tert-OH is 3. The molecule has 0 unspecified atom stereocenters. The topological polar surface area (TPSA) is 153 Å². The number of nitrogens with one attached hydrogen (secondary N) is 1. The molecule has 1 fully saturated rings. The van der Waals surface area contributed by atoms with Crippen LogP contribution in [0.1, 0.15) is 16.7 Å². The van der Waals surface area contributed by atoms with E-state index in [0.717, 1.165) is 4.57 Å². The van der Waals surface area contributed by atoms with E-state index >= 15 is 0 Å². The molecule has 18 heavy (non-hydrogen) atoms. The molecule has 1 amide bonds. The number of amides is 1. The molecule has 0 aromatic carbocycles. The Hall–Kier alpha value is -1.68. The maximum Gasteiger partial charge on any atom is 0.338 e. The van der Waals surface area contributed by atoms with E-state index in [4.69, 9.17) is 15.6 Å². The van der Waals surface area contributed by atoms with Gasteiger partial charge in [-0.15, -0.1) is 0 Å². The third-order valence-corrected chi connectivity index (χ3v) is 2.85. The van der Waals surface area contributed by atoms with Crippen molar-refractivity contribution >= 4 is 5.91 Å². The summed E-state index contributed by atoms with van der Waals surface area (Å²) in [6, 6.07) is 0. The van der Waals surface area contributed by atoms with Gasteiger partial charge in [-0.1, -0.05) is 0 Å². The van der Waals surface area contributed by atoms with E-state index in [-0.39, 0.29) is 5.69 Å². The monoisotopic (exact) mass is 260 g/mol. The lowest BCUT2D eigenvalue weighted by Crippen LogP contribution is -2.45. The molecule has 1 saturated heterocycles. The number of aliphatic hydroxyl groups is 3. The van der Waals surface area contributed by atoms with Crippen molar-refractivity contribution in [2.75, 3.05) is 6.61 Å². The number of carbonyl (C=O) groups excluding carboxylic acids is 1. The van der Waals surface area contributed by atoms with Crippen molar-refractivity contribution in [3.05, 3.63) is 12.0 Å². The Bertz CT molecular complexity index is 461. The van der Waals surface area contributed by atoms with Crippen LogP contribution in [0.3, 0.4) is 0 Å². The summed E-state index contributed by atoms with van der Waals surface area (Å²) in [5, 5.41) is 38.0. The highest BCUT2D eigenvalue weighted by Gasteiger charge is 2.47. The molecule has 0 radical (unpaired) electrons. The fourth-order valence-corrected chi connectivity index (χ4v) is 1.87. The van der Waals surface area contributed by atoms with Crippen LogP contribution in [-0.2, 0) is 4.74 Å². The Morgan fingerprint density at radius 3 is 2.61 bits per heavy atom. The van der Waals surface area contributed by atoms with E-state index in [2.05, 4.69) is 4.98 Å². The molecule has 100 valence electrons. The Kier molecular flexibility index (Phi) is 3.22. The molecule has 0 spiro atoms. The number of aromatic hydroxyl groups is 1. The quantitative estimate of drug-likeness (QED) is 0.313. The van der Waals surface area contributed by atoms with Crippen LogP contribution in [0.15, 0.2) is 6.33 Å². The number of carbonyl (C=O) groups is 1. The number of nitrogens with zero attached hydrogens (tertiary/aromatic N) is 1. The average Bonchev–Trinajstić information content (AvgIpc) is 2.82. The number of aromatic amines is 1. The molecule has 0 aliphatic carbocycles. The highest BCUT2D eigenvalue weighted by Crippen LogP contribution is 2.27. The SMILES string of the molecule is NC(=O)c1[nH]c[n+]([C@@H]2O[C@H](CO)[C@@H](O)[C@H]2O)c1O. The Morgan fingerprint density at radius 1 is 1.50 bits per heavy atom. The van der Waals surface area contributed by atoms with Gasteiger partial charge in [0.15, 0.2) is 0 Å². The van der Waals surface area contributed by atoms with E-state index in [1.807, 2.05) is 0 Å². The van der Waals surface area contributed by atoms with E-state index in [0.29, 0.717) is 0 Å². The van der Waals surface area contributed by atoms with Gasteiger partial charge in [-0.05, 0) is 0 Å². The molecular formula is C9H14N3O6+. The van der Waals surface area contributed by atoms with E-state index in [9.17, 15) is 20.1 Å². The lowest BCUT2D eigenvalue weighted by Gasteiger charge is -2.11. The Morgan fingerprint density at radius 2 is 2.17 bits per heavy atom. The second-order valence-electron chi connectivity index (χ2n) is 3.97. The number of hydrogen-bond donors (Lipinski definition) is 6.